The summed E-state index contributed by atoms with van der Waals surface area (Å²) in [6, 6.07) is 5.20. The fourth-order valence-corrected chi connectivity index (χ4v) is 6.41. The van der Waals surface area contributed by atoms with Crippen LogP contribution in [0.15, 0.2) is 23.1 Å². The molecule has 0 unspecified atom stereocenters. The first-order valence-electron chi connectivity index (χ1n) is 9.83. The Morgan fingerprint density at radius 1 is 0.808 bits per heavy atom. The third kappa shape index (κ3) is 4.01. The van der Waals surface area contributed by atoms with Gasteiger partial charge in [-0.3, -0.25) is 0 Å². The lowest BCUT2D eigenvalue weighted by Gasteiger charge is -2.40. The first-order valence-corrected chi connectivity index (χ1v) is 11.3. The number of sulfonamides is 1. The van der Waals surface area contributed by atoms with Gasteiger partial charge in [-0.05, 0) is 37.8 Å². The predicted octanol–water partition coefficient (Wildman–Crippen LogP) is 4.36. The number of methoxy groups -OCH3 is 2. The molecule has 0 saturated heterocycles. The van der Waals surface area contributed by atoms with Crippen LogP contribution in [0.5, 0.6) is 11.5 Å². The van der Waals surface area contributed by atoms with Crippen LogP contribution in [0.2, 0.25) is 0 Å². The van der Waals surface area contributed by atoms with Crippen molar-refractivity contribution in [3.8, 4) is 11.5 Å². The molecule has 26 heavy (non-hydrogen) atoms. The molecule has 0 atom stereocenters. The third-order valence-corrected chi connectivity index (χ3v) is 7.80. The number of nitrogens with zero attached hydrogens (tertiary/aromatic N) is 1. The summed E-state index contributed by atoms with van der Waals surface area (Å²) >= 11 is 0. The van der Waals surface area contributed by atoms with Gasteiger partial charge < -0.3 is 9.47 Å². The molecule has 0 amide bonds. The van der Waals surface area contributed by atoms with E-state index in [1.807, 2.05) is 4.31 Å². The molecular formula is C20H31NO4S. The molecular weight excluding hydrogens is 350 g/mol. The van der Waals surface area contributed by atoms with Gasteiger partial charge >= 0.3 is 0 Å². The van der Waals surface area contributed by atoms with Crippen molar-refractivity contribution in [1.29, 1.82) is 0 Å². The van der Waals surface area contributed by atoms with E-state index in [1.54, 1.807) is 25.3 Å². The fraction of sp³-hybridized carbons (Fsp3) is 0.700. The van der Waals surface area contributed by atoms with E-state index in [1.165, 1.54) is 20.0 Å². The van der Waals surface area contributed by atoms with Gasteiger partial charge in [0.1, 0.15) is 0 Å². The Labute approximate surface area is 157 Å². The van der Waals surface area contributed by atoms with Crippen LogP contribution in [0.1, 0.15) is 64.2 Å². The van der Waals surface area contributed by atoms with Gasteiger partial charge in [0.15, 0.2) is 11.5 Å². The molecule has 0 aromatic heterocycles. The van der Waals surface area contributed by atoms with Gasteiger partial charge in [0, 0.05) is 18.2 Å². The SMILES string of the molecule is COc1ccc(S(=O)(=O)N(C2CCCCC2)C2CCCCC2)cc1OC. The zero-order valence-corrected chi connectivity index (χ0v) is 16.8. The molecule has 1 aromatic carbocycles. The van der Waals surface area contributed by atoms with Gasteiger partial charge in [-0.25, -0.2) is 8.42 Å². The Morgan fingerprint density at radius 3 is 1.77 bits per heavy atom. The van der Waals surface area contributed by atoms with Gasteiger partial charge in [0.05, 0.1) is 19.1 Å². The summed E-state index contributed by atoms with van der Waals surface area (Å²) in [4.78, 5) is 0.311. The molecule has 0 radical (unpaired) electrons. The van der Waals surface area contributed by atoms with Crippen molar-refractivity contribution in [2.75, 3.05) is 14.2 Å². The average Bonchev–Trinajstić information content (AvgIpc) is 2.69. The molecule has 0 spiro atoms. The Morgan fingerprint density at radius 2 is 1.31 bits per heavy atom. The summed E-state index contributed by atoms with van der Waals surface area (Å²) < 4.78 is 39.7. The highest BCUT2D eigenvalue weighted by atomic mass is 32.2. The molecule has 2 aliphatic rings. The van der Waals surface area contributed by atoms with Crippen molar-refractivity contribution in [3.05, 3.63) is 18.2 Å². The van der Waals surface area contributed by atoms with Crippen LogP contribution in [-0.4, -0.2) is 39.0 Å². The first-order chi connectivity index (χ1) is 12.6. The number of ether oxygens (including phenoxy) is 2. The second kappa shape index (κ2) is 8.61. The lowest BCUT2D eigenvalue weighted by atomic mass is 9.91. The molecule has 0 aliphatic heterocycles. The molecule has 5 nitrogen and oxygen atoms in total. The summed E-state index contributed by atoms with van der Waals surface area (Å²) in [5, 5.41) is 0. The molecule has 6 heteroatoms. The summed E-state index contributed by atoms with van der Waals surface area (Å²) in [5.41, 5.74) is 0. The standard InChI is InChI=1S/C20H31NO4S/c1-24-19-14-13-18(15-20(19)25-2)26(22,23)21(16-9-5-3-6-10-16)17-11-7-4-8-12-17/h13-17H,3-12H2,1-2H3. The van der Waals surface area contributed by atoms with Gasteiger partial charge in [-0.2, -0.15) is 4.31 Å². The van der Waals surface area contributed by atoms with E-state index in [0.29, 0.717) is 16.4 Å². The second-order valence-electron chi connectivity index (χ2n) is 7.44. The van der Waals surface area contributed by atoms with E-state index in [2.05, 4.69) is 0 Å². The van der Waals surface area contributed by atoms with Crippen LogP contribution < -0.4 is 9.47 Å². The normalized spacial score (nSPS) is 20.3. The maximum Gasteiger partial charge on any atom is 0.243 e. The summed E-state index contributed by atoms with van der Waals surface area (Å²) in [7, 11) is -0.466. The number of benzene rings is 1. The van der Waals surface area contributed by atoms with Crippen molar-refractivity contribution in [1.82, 2.24) is 4.31 Å². The van der Waals surface area contributed by atoms with Crippen molar-refractivity contribution in [2.45, 2.75) is 81.2 Å². The van der Waals surface area contributed by atoms with E-state index in [0.717, 1.165) is 51.4 Å². The maximum absolute atomic E-state index is 13.6. The Bertz CT molecular complexity index is 674. The van der Waals surface area contributed by atoms with E-state index in [9.17, 15) is 8.42 Å². The second-order valence-corrected chi connectivity index (χ2v) is 9.28. The minimum Gasteiger partial charge on any atom is -0.493 e. The van der Waals surface area contributed by atoms with Crippen LogP contribution in [0, 0.1) is 0 Å². The van der Waals surface area contributed by atoms with E-state index < -0.39 is 10.0 Å². The molecule has 2 fully saturated rings. The van der Waals surface area contributed by atoms with Gasteiger partial charge in [0.2, 0.25) is 10.0 Å². The number of hydrogen-bond acceptors (Lipinski definition) is 4. The molecule has 146 valence electrons. The topological polar surface area (TPSA) is 55.8 Å². The Balaban J connectivity index is 1.97. The maximum atomic E-state index is 13.6. The molecule has 0 bridgehead atoms. The van der Waals surface area contributed by atoms with Crippen LogP contribution in [-0.2, 0) is 10.0 Å². The Kier molecular flexibility index (Phi) is 6.46. The highest BCUT2D eigenvalue weighted by molar-refractivity contribution is 7.89. The minimum atomic E-state index is -3.56. The molecule has 0 heterocycles. The monoisotopic (exact) mass is 381 g/mol. The van der Waals surface area contributed by atoms with Crippen LogP contribution in [0.25, 0.3) is 0 Å². The van der Waals surface area contributed by atoms with Crippen LogP contribution in [0.3, 0.4) is 0 Å². The summed E-state index contributed by atoms with van der Waals surface area (Å²) in [6.45, 7) is 0. The molecule has 3 rings (SSSR count). The molecule has 0 N–H and O–H groups in total. The predicted molar refractivity (Wildman–Crippen MR) is 102 cm³/mol. The minimum absolute atomic E-state index is 0.130. The summed E-state index contributed by atoms with van der Waals surface area (Å²) in [5.74, 6) is 1.01. The van der Waals surface area contributed by atoms with Gasteiger partial charge in [0.25, 0.3) is 0 Å². The van der Waals surface area contributed by atoms with Crippen molar-refractivity contribution >= 4 is 10.0 Å². The third-order valence-electron chi connectivity index (χ3n) is 5.80. The smallest absolute Gasteiger partial charge is 0.243 e. The largest absolute Gasteiger partial charge is 0.493 e. The molecule has 1 aromatic rings. The fourth-order valence-electron chi connectivity index (χ4n) is 4.46. The Hall–Kier alpha value is -1.27. The lowest BCUT2D eigenvalue weighted by molar-refractivity contribution is 0.169. The quantitative estimate of drug-likeness (QED) is 0.735. The number of hydrogen-bond donors (Lipinski definition) is 0. The number of rotatable bonds is 6. The van der Waals surface area contributed by atoms with E-state index in [-0.39, 0.29) is 12.1 Å². The van der Waals surface area contributed by atoms with Gasteiger partial charge in [-0.15, -0.1) is 0 Å². The highest BCUT2D eigenvalue weighted by Gasteiger charge is 2.38. The van der Waals surface area contributed by atoms with Crippen LogP contribution >= 0.6 is 0 Å². The van der Waals surface area contributed by atoms with Crippen molar-refractivity contribution < 1.29 is 17.9 Å². The van der Waals surface area contributed by atoms with E-state index in [4.69, 9.17) is 9.47 Å². The highest BCUT2D eigenvalue weighted by Crippen LogP contribution is 2.37. The molecule has 2 saturated carbocycles. The average molecular weight is 382 g/mol. The first kappa shape index (κ1) is 19.5. The van der Waals surface area contributed by atoms with Gasteiger partial charge in [-0.1, -0.05) is 38.5 Å². The zero-order valence-electron chi connectivity index (χ0n) is 15.9. The summed E-state index contributed by atoms with van der Waals surface area (Å²) in [6.07, 6.45) is 10.8. The van der Waals surface area contributed by atoms with Crippen molar-refractivity contribution in [2.24, 2.45) is 0 Å². The van der Waals surface area contributed by atoms with Crippen LogP contribution in [0.4, 0.5) is 0 Å². The van der Waals surface area contributed by atoms with Crippen molar-refractivity contribution in [3.63, 3.8) is 0 Å². The lowest BCUT2D eigenvalue weighted by Crippen LogP contribution is -2.48. The zero-order chi connectivity index (χ0) is 18.6. The molecule has 2 aliphatic carbocycles. The van der Waals surface area contributed by atoms with E-state index >= 15 is 0 Å².